The lowest BCUT2D eigenvalue weighted by molar-refractivity contribution is 0.0938. The standard InChI is InChI=1S/C16H24N2O3/c1-4-18-9-5-6-12(18)11-17-16(19)14-10-13(20-2)7-8-15(14)21-3/h7-8,10,12H,4-6,9,11H2,1-3H3,(H,17,19). The molecule has 1 saturated heterocycles. The first-order chi connectivity index (χ1) is 10.2. The Morgan fingerprint density at radius 1 is 1.38 bits per heavy atom. The third kappa shape index (κ3) is 3.67. The Morgan fingerprint density at radius 2 is 2.19 bits per heavy atom. The molecule has 1 aromatic rings. The van der Waals surface area contributed by atoms with Crippen LogP contribution in [0.5, 0.6) is 11.5 Å². The number of nitrogens with one attached hydrogen (secondary N) is 1. The van der Waals surface area contributed by atoms with Gasteiger partial charge in [-0.05, 0) is 44.1 Å². The molecule has 1 unspecified atom stereocenters. The molecule has 0 aliphatic carbocycles. The highest BCUT2D eigenvalue weighted by Crippen LogP contribution is 2.24. The van der Waals surface area contributed by atoms with E-state index >= 15 is 0 Å². The molecule has 1 fully saturated rings. The third-order valence-electron chi connectivity index (χ3n) is 4.05. The molecule has 1 aromatic carbocycles. The van der Waals surface area contributed by atoms with E-state index < -0.39 is 0 Å². The van der Waals surface area contributed by atoms with Crippen molar-refractivity contribution in [2.75, 3.05) is 33.9 Å². The molecular formula is C16H24N2O3. The number of methoxy groups -OCH3 is 2. The minimum atomic E-state index is -0.117. The number of ether oxygens (including phenoxy) is 2. The molecular weight excluding hydrogens is 268 g/mol. The highest BCUT2D eigenvalue weighted by molar-refractivity contribution is 5.97. The van der Waals surface area contributed by atoms with E-state index in [1.807, 2.05) is 0 Å². The molecule has 1 N–H and O–H groups in total. The van der Waals surface area contributed by atoms with E-state index in [-0.39, 0.29) is 5.91 Å². The van der Waals surface area contributed by atoms with Crippen LogP contribution in [0.15, 0.2) is 18.2 Å². The van der Waals surface area contributed by atoms with Gasteiger partial charge in [0.25, 0.3) is 5.91 Å². The van der Waals surface area contributed by atoms with Crippen molar-refractivity contribution in [2.45, 2.75) is 25.8 Å². The molecule has 0 bridgehead atoms. The summed E-state index contributed by atoms with van der Waals surface area (Å²) < 4.78 is 10.4. The zero-order valence-corrected chi connectivity index (χ0v) is 13.0. The first kappa shape index (κ1) is 15.6. The van der Waals surface area contributed by atoms with Crippen molar-refractivity contribution >= 4 is 5.91 Å². The van der Waals surface area contributed by atoms with E-state index in [1.54, 1.807) is 32.4 Å². The van der Waals surface area contributed by atoms with Gasteiger partial charge in [0, 0.05) is 12.6 Å². The molecule has 2 rings (SSSR count). The Bertz CT molecular complexity index is 490. The van der Waals surface area contributed by atoms with Crippen molar-refractivity contribution < 1.29 is 14.3 Å². The molecule has 5 nitrogen and oxygen atoms in total. The largest absolute Gasteiger partial charge is 0.497 e. The van der Waals surface area contributed by atoms with Crippen molar-refractivity contribution in [2.24, 2.45) is 0 Å². The van der Waals surface area contributed by atoms with Gasteiger partial charge in [-0.2, -0.15) is 0 Å². The van der Waals surface area contributed by atoms with E-state index in [0.29, 0.717) is 29.6 Å². The molecule has 1 aliphatic rings. The second-order valence-corrected chi connectivity index (χ2v) is 5.20. The van der Waals surface area contributed by atoms with Gasteiger partial charge in [0.15, 0.2) is 0 Å². The summed E-state index contributed by atoms with van der Waals surface area (Å²) in [5.41, 5.74) is 0.512. The van der Waals surface area contributed by atoms with Crippen molar-refractivity contribution in [3.63, 3.8) is 0 Å². The van der Waals surface area contributed by atoms with Gasteiger partial charge in [0.1, 0.15) is 11.5 Å². The van der Waals surface area contributed by atoms with Gasteiger partial charge >= 0.3 is 0 Å². The second-order valence-electron chi connectivity index (χ2n) is 5.20. The molecule has 1 amide bonds. The lowest BCUT2D eigenvalue weighted by atomic mass is 10.1. The van der Waals surface area contributed by atoms with Crippen LogP contribution in [-0.2, 0) is 0 Å². The van der Waals surface area contributed by atoms with Gasteiger partial charge in [0.2, 0.25) is 0 Å². The summed E-state index contributed by atoms with van der Waals surface area (Å²) in [6, 6.07) is 5.68. The predicted molar refractivity (Wildman–Crippen MR) is 82.1 cm³/mol. The maximum atomic E-state index is 12.4. The Morgan fingerprint density at radius 3 is 2.86 bits per heavy atom. The summed E-state index contributed by atoms with van der Waals surface area (Å²) in [5, 5.41) is 3.02. The summed E-state index contributed by atoms with van der Waals surface area (Å²) >= 11 is 0. The highest BCUT2D eigenvalue weighted by atomic mass is 16.5. The molecule has 116 valence electrons. The summed E-state index contributed by atoms with van der Waals surface area (Å²) in [5.74, 6) is 1.10. The van der Waals surface area contributed by atoms with Gasteiger partial charge in [-0.15, -0.1) is 0 Å². The normalized spacial score (nSPS) is 18.5. The van der Waals surface area contributed by atoms with E-state index in [0.717, 1.165) is 19.5 Å². The zero-order valence-electron chi connectivity index (χ0n) is 13.0. The van der Waals surface area contributed by atoms with Crippen molar-refractivity contribution in [1.82, 2.24) is 10.2 Å². The van der Waals surface area contributed by atoms with E-state index in [1.165, 1.54) is 6.42 Å². The van der Waals surface area contributed by atoms with E-state index in [4.69, 9.17) is 9.47 Å². The zero-order chi connectivity index (χ0) is 15.2. The Balaban J connectivity index is 2.02. The van der Waals surface area contributed by atoms with Crippen LogP contribution in [0.4, 0.5) is 0 Å². The summed E-state index contributed by atoms with van der Waals surface area (Å²) in [6.07, 6.45) is 2.35. The van der Waals surface area contributed by atoms with Crippen LogP contribution in [0.25, 0.3) is 0 Å². The average molecular weight is 292 g/mol. The minimum Gasteiger partial charge on any atom is -0.497 e. The number of hydrogen-bond donors (Lipinski definition) is 1. The molecule has 1 atom stereocenters. The molecule has 0 aromatic heterocycles. The number of carbonyl (C=O) groups excluding carboxylic acids is 1. The van der Waals surface area contributed by atoms with Crippen molar-refractivity contribution in [1.29, 1.82) is 0 Å². The SMILES string of the molecule is CCN1CCCC1CNC(=O)c1cc(OC)ccc1OC. The maximum Gasteiger partial charge on any atom is 0.255 e. The molecule has 1 heterocycles. The lowest BCUT2D eigenvalue weighted by Gasteiger charge is -2.23. The minimum absolute atomic E-state index is 0.117. The fourth-order valence-corrected chi connectivity index (χ4v) is 2.84. The van der Waals surface area contributed by atoms with Gasteiger partial charge in [-0.3, -0.25) is 9.69 Å². The smallest absolute Gasteiger partial charge is 0.255 e. The summed E-state index contributed by atoms with van der Waals surface area (Å²) in [6.45, 7) is 4.99. The monoisotopic (exact) mass is 292 g/mol. The number of likely N-dealkylation sites (tertiary alicyclic amines) is 1. The third-order valence-corrected chi connectivity index (χ3v) is 4.05. The molecule has 0 saturated carbocycles. The van der Waals surface area contributed by atoms with Crippen LogP contribution in [0.3, 0.4) is 0 Å². The number of nitrogens with zero attached hydrogens (tertiary/aromatic N) is 1. The molecule has 5 heteroatoms. The first-order valence-electron chi connectivity index (χ1n) is 7.43. The molecule has 0 radical (unpaired) electrons. The maximum absolute atomic E-state index is 12.4. The summed E-state index contributed by atoms with van der Waals surface area (Å²) in [7, 11) is 3.15. The lowest BCUT2D eigenvalue weighted by Crippen LogP contribution is -2.40. The van der Waals surface area contributed by atoms with E-state index in [9.17, 15) is 4.79 Å². The Kier molecular flexibility index (Phi) is 5.44. The van der Waals surface area contributed by atoms with Gasteiger partial charge in [-0.25, -0.2) is 0 Å². The van der Waals surface area contributed by atoms with Crippen LogP contribution in [-0.4, -0.2) is 50.7 Å². The van der Waals surface area contributed by atoms with E-state index in [2.05, 4.69) is 17.1 Å². The topological polar surface area (TPSA) is 50.8 Å². The number of benzene rings is 1. The number of amides is 1. The Labute approximate surface area is 126 Å². The Hall–Kier alpha value is -1.75. The molecule has 21 heavy (non-hydrogen) atoms. The predicted octanol–water partition coefficient (Wildman–Crippen LogP) is 1.92. The van der Waals surface area contributed by atoms with Crippen LogP contribution in [0.2, 0.25) is 0 Å². The van der Waals surface area contributed by atoms with Gasteiger partial charge in [0.05, 0.1) is 19.8 Å². The number of rotatable bonds is 6. The van der Waals surface area contributed by atoms with Crippen molar-refractivity contribution in [3.8, 4) is 11.5 Å². The van der Waals surface area contributed by atoms with Gasteiger partial charge < -0.3 is 14.8 Å². The molecule has 1 aliphatic heterocycles. The van der Waals surface area contributed by atoms with Crippen LogP contribution in [0.1, 0.15) is 30.1 Å². The first-order valence-corrected chi connectivity index (χ1v) is 7.43. The number of likely N-dealkylation sites (N-methyl/N-ethyl adjacent to an activating group) is 1. The van der Waals surface area contributed by atoms with Gasteiger partial charge in [-0.1, -0.05) is 6.92 Å². The number of hydrogen-bond acceptors (Lipinski definition) is 4. The van der Waals surface area contributed by atoms with Crippen LogP contribution < -0.4 is 14.8 Å². The quantitative estimate of drug-likeness (QED) is 0.870. The van der Waals surface area contributed by atoms with Crippen LogP contribution in [0, 0.1) is 0 Å². The van der Waals surface area contributed by atoms with Crippen LogP contribution >= 0.6 is 0 Å². The number of carbonyl (C=O) groups is 1. The highest BCUT2D eigenvalue weighted by Gasteiger charge is 2.24. The van der Waals surface area contributed by atoms with Crippen molar-refractivity contribution in [3.05, 3.63) is 23.8 Å². The average Bonchev–Trinajstić information content (AvgIpc) is 2.99. The molecule has 0 spiro atoms. The summed E-state index contributed by atoms with van der Waals surface area (Å²) in [4.78, 5) is 14.8. The second kappa shape index (κ2) is 7.31. The fourth-order valence-electron chi connectivity index (χ4n) is 2.84. The fraction of sp³-hybridized carbons (Fsp3) is 0.562.